The lowest BCUT2D eigenvalue weighted by atomic mass is 9.48. The highest BCUT2D eigenvalue weighted by atomic mass is 32.2. The molecule has 0 aromatic heterocycles. The second-order valence-corrected chi connectivity index (χ2v) is 23.4. The largest absolute Gasteiger partial charge is 0.522 e. The monoisotopic (exact) mass is 1100 g/mol. The minimum Gasteiger partial charge on any atom is -0.475 e. The van der Waals surface area contributed by atoms with E-state index >= 15 is 0 Å². The van der Waals surface area contributed by atoms with Gasteiger partial charge in [0.1, 0.15) is 11.6 Å². The molecule has 0 unspecified atom stereocenters. The molecule has 0 radical (unpaired) electrons. The molecule has 28 heteroatoms. The highest BCUT2D eigenvalue weighted by Gasteiger charge is 2.60. The second-order valence-electron chi connectivity index (χ2n) is 20.6. The lowest BCUT2D eigenvalue weighted by Gasteiger charge is -2.56. The summed E-state index contributed by atoms with van der Waals surface area (Å²) in [4.78, 5) is 42.5. The Hall–Kier alpha value is -3.34. The Morgan fingerprint density at radius 2 is 0.736 bits per heavy atom. The first-order chi connectivity index (χ1) is 32.3. The van der Waals surface area contributed by atoms with Crippen LogP contribution >= 0.6 is 0 Å². The molecule has 8 rings (SSSR count). The van der Waals surface area contributed by atoms with E-state index < -0.39 is 55.5 Å². The number of aliphatic carboxylic acids is 2. The summed E-state index contributed by atoms with van der Waals surface area (Å²) in [5, 5.41) is 34.2. The van der Waals surface area contributed by atoms with Crippen molar-refractivity contribution in [2.45, 2.75) is 166 Å². The van der Waals surface area contributed by atoms with E-state index in [0.717, 1.165) is 102 Å². The van der Waals surface area contributed by atoms with Gasteiger partial charge in [-0.15, -0.1) is 0 Å². The van der Waals surface area contributed by atoms with Gasteiger partial charge in [-0.2, -0.15) is 69.5 Å². The summed E-state index contributed by atoms with van der Waals surface area (Å²) < 4.78 is 179. The van der Waals surface area contributed by atoms with Gasteiger partial charge in [-0.3, -0.25) is 18.7 Å². The number of carboxylic acid groups (broad SMARTS) is 2. The predicted octanol–water partition coefficient (Wildman–Crippen LogP) is 9.81. The quantitative estimate of drug-likeness (QED) is 0.0571. The van der Waals surface area contributed by atoms with Gasteiger partial charge in [-0.1, -0.05) is 51.0 Å². The van der Waals surface area contributed by atoms with Gasteiger partial charge in [-0.25, -0.2) is 9.59 Å². The molecule has 0 aromatic rings. The third-order valence-corrected chi connectivity index (χ3v) is 17.8. The number of aliphatic hydroxyl groups excluding tert-OH is 2. The Kier molecular flexibility index (Phi) is 19.3. The lowest BCUT2D eigenvalue weighted by molar-refractivity contribution is -0.193. The third-order valence-electron chi connectivity index (χ3n) is 16.6. The van der Waals surface area contributed by atoms with Crippen molar-refractivity contribution in [3.05, 3.63) is 23.3 Å². The van der Waals surface area contributed by atoms with E-state index in [4.69, 9.17) is 45.7 Å². The normalized spacial score (nSPS) is 36.1. The molecule has 0 spiro atoms. The van der Waals surface area contributed by atoms with E-state index in [0.29, 0.717) is 46.1 Å². The molecule has 0 bridgehead atoms. The fourth-order valence-electron chi connectivity index (χ4n) is 12.8. The lowest BCUT2D eigenvalue weighted by Crippen LogP contribution is -2.50. The number of aliphatic hydroxyl groups is 2. The van der Waals surface area contributed by atoms with Crippen molar-refractivity contribution in [3.63, 3.8) is 0 Å². The van der Waals surface area contributed by atoms with Crippen molar-refractivity contribution in [3.8, 4) is 0 Å². The van der Waals surface area contributed by atoms with Crippen molar-refractivity contribution in [1.82, 2.24) is 0 Å². The van der Waals surface area contributed by atoms with Gasteiger partial charge >= 0.3 is 55.5 Å². The molecule has 0 heterocycles. The zero-order valence-corrected chi connectivity index (χ0v) is 41.0. The topological polar surface area (TPSA) is 258 Å². The molecule has 8 aliphatic rings. The number of carbonyl (C=O) groups excluding carboxylic acids is 2. The fraction of sp³-hybridized carbons (Fsp3) is 0.818. The Balaban J connectivity index is 0.000000249. The molecular weight excluding hydrogens is 1040 g/mol. The van der Waals surface area contributed by atoms with E-state index in [1.54, 1.807) is 0 Å². The number of allylic oxidation sites excluding steroid dienone is 2. The molecule has 6 saturated carbocycles. The van der Waals surface area contributed by atoms with Crippen LogP contribution in [-0.4, -0.2) is 105 Å². The molecule has 72 heavy (non-hydrogen) atoms. The minimum atomic E-state index is -5.84. The molecular formula is C44H60F12O14S2. The molecule has 0 saturated heterocycles. The molecule has 6 N–H and O–H groups in total. The number of halogens is 12. The molecule has 0 aliphatic heterocycles. The van der Waals surface area contributed by atoms with Crippen LogP contribution in [0, 0.1) is 57.2 Å². The molecule has 6 fully saturated rings. The average Bonchev–Trinajstić information content (AvgIpc) is 3.70. The molecule has 416 valence electrons. The van der Waals surface area contributed by atoms with Crippen molar-refractivity contribution in [2.24, 2.45) is 57.2 Å². The second kappa shape index (κ2) is 22.1. The van der Waals surface area contributed by atoms with E-state index in [2.05, 4.69) is 39.8 Å². The number of ketones is 2. The first-order valence-electron chi connectivity index (χ1n) is 22.8. The Morgan fingerprint density at radius 3 is 0.972 bits per heavy atom. The van der Waals surface area contributed by atoms with E-state index in [1.165, 1.54) is 24.0 Å². The number of hydrogen-bond donors (Lipinski definition) is 6. The minimum absolute atomic E-state index is 0.0168. The maximum absolute atomic E-state index is 12.4. The summed E-state index contributed by atoms with van der Waals surface area (Å²) in [5.41, 5.74) is -7.45. The van der Waals surface area contributed by atoms with Gasteiger partial charge in [-0.05, 0) is 136 Å². The Morgan fingerprint density at radius 1 is 0.500 bits per heavy atom. The van der Waals surface area contributed by atoms with Gasteiger partial charge in [0.25, 0.3) is 0 Å². The van der Waals surface area contributed by atoms with Crippen LogP contribution in [0.2, 0.25) is 0 Å². The number of rotatable bonds is 0. The molecule has 0 amide bonds. The van der Waals surface area contributed by atoms with Crippen molar-refractivity contribution >= 4 is 43.7 Å². The van der Waals surface area contributed by atoms with Gasteiger partial charge in [0, 0.05) is 23.7 Å². The highest BCUT2D eigenvalue weighted by Crippen LogP contribution is 2.65. The van der Waals surface area contributed by atoms with Crippen LogP contribution in [0.15, 0.2) is 23.3 Å². The predicted molar refractivity (Wildman–Crippen MR) is 228 cm³/mol. The summed E-state index contributed by atoms with van der Waals surface area (Å²) in [5.74, 6) is -0.313. The number of fused-ring (bicyclic) bond motifs is 10. The van der Waals surface area contributed by atoms with Crippen molar-refractivity contribution in [1.29, 1.82) is 0 Å². The molecule has 8 aliphatic carbocycles. The van der Waals surface area contributed by atoms with E-state index in [-0.39, 0.29) is 23.0 Å². The first-order valence-corrected chi connectivity index (χ1v) is 25.7. The Labute approximate surface area is 407 Å². The maximum atomic E-state index is 12.4. The van der Waals surface area contributed by atoms with Crippen molar-refractivity contribution in [2.75, 3.05) is 0 Å². The van der Waals surface area contributed by atoms with Gasteiger partial charge in [0.15, 0.2) is 0 Å². The summed E-state index contributed by atoms with van der Waals surface area (Å²) in [6.45, 7) is 9.38. The number of Topliss-reactive ketones (excluding diaryl/α,β-unsaturated/α-hetero) is 2. The SMILES string of the molecule is C[C@]12CC[C@H](O)CC1=CC[C@@H]1[C@@H]2CC[C@]2(C)C(=O)CC[C@@H]12.C[C@]12CC[C@H](O)CC1=CC[C@@H]1[C@@H]2CC[C@]2(C)C(=O)CC[C@@H]12.O=C(O)C(F)(F)F.O=C(O)C(F)(F)F.O=S(=O)(O)C(F)(F)F.O=S(=O)(O)C(F)(F)F. The summed E-state index contributed by atoms with van der Waals surface area (Å²) in [7, 11) is -11.7. The molecule has 0 aromatic carbocycles. The van der Waals surface area contributed by atoms with Crippen LogP contribution in [-0.2, 0) is 39.4 Å². The first kappa shape index (κ1) is 63.0. The summed E-state index contributed by atoms with van der Waals surface area (Å²) in [6.07, 6.45) is 11.2. The van der Waals surface area contributed by atoms with Crippen LogP contribution in [0.25, 0.3) is 0 Å². The van der Waals surface area contributed by atoms with Crippen LogP contribution < -0.4 is 0 Å². The highest BCUT2D eigenvalue weighted by molar-refractivity contribution is 7.86. The molecule has 12 atom stereocenters. The van der Waals surface area contributed by atoms with Crippen LogP contribution in [0.1, 0.15) is 130 Å². The van der Waals surface area contributed by atoms with Crippen molar-refractivity contribution < 1.29 is 118 Å². The summed E-state index contributed by atoms with van der Waals surface area (Å²) in [6, 6.07) is 0. The number of carbonyl (C=O) groups is 4. The smallest absolute Gasteiger partial charge is 0.475 e. The number of hydrogen-bond acceptors (Lipinski definition) is 10. The van der Waals surface area contributed by atoms with E-state index in [9.17, 15) is 72.5 Å². The molecule has 14 nitrogen and oxygen atoms in total. The number of alkyl halides is 12. The Bertz CT molecular complexity index is 2140. The average molecular weight is 1110 g/mol. The summed E-state index contributed by atoms with van der Waals surface area (Å²) >= 11 is 0. The zero-order chi connectivity index (χ0) is 55.8. The maximum Gasteiger partial charge on any atom is 0.522 e. The number of carboxylic acids is 2. The van der Waals surface area contributed by atoms with Crippen LogP contribution in [0.3, 0.4) is 0 Å². The fourth-order valence-corrected chi connectivity index (χ4v) is 12.8. The van der Waals surface area contributed by atoms with Crippen LogP contribution in [0.5, 0.6) is 0 Å². The standard InChI is InChI=1S/2C19H28O2.2C2HF3O2.2CHF3O3S/c2*1-18-9-7-13(20)11-12(18)3-4-14-15-5-6-17(21)19(15,2)10-8-16(14)18;2*3-2(4,5)1(6)7;2*2-1(3,4)8(5,6)7/h2*3,13-16,20H,4-11H2,1-2H3;2*(H,6,7);2*(H,5,6,7)/t2*13-,14-,15-,16-,18-,19-;;;;/m00..../s1. The van der Waals surface area contributed by atoms with Gasteiger partial charge in [0.05, 0.1) is 12.2 Å². The zero-order valence-electron chi connectivity index (χ0n) is 39.4. The third kappa shape index (κ3) is 14.1. The van der Waals surface area contributed by atoms with E-state index in [1.807, 2.05) is 0 Å². The van der Waals surface area contributed by atoms with Gasteiger partial charge in [0.2, 0.25) is 0 Å². The van der Waals surface area contributed by atoms with Gasteiger partial charge < -0.3 is 20.4 Å². The van der Waals surface area contributed by atoms with Crippen LogP contribution in [0.4, 0.5) is 52.7 Å².